The largest absolute Gasteiger partial charge is 0.496 e. The molecular weight excluding hydrogens is 262 g/mol. The number of hydrogen-bond acceptors (Lipinski definition) is 3. The standard InChI is InChI=1S/C14H23NO3S/c1-6-7-8-15-19(16,17)14-10(2)9-13(18-5)11(3)12(14)4/h9,15H,6-8H2,1-5H3. The van der Waals surface area contributed by atoms with Crippen LogP contribution in [-0.4, -0.2) is 22.1 Å². The van der Waals surface area contributed by atoms with Crippen LogP contribution in [0.15, 0.2) is 11.0 Å². The number of aryl methyl sites for hydroxylation is 1. The van der Waals surface area contributed by atoms with Gasteiger partial charge in [0.15, 0.2) is 0 Å². The number of ether oxygens (including phenoxy) is 1. The normalized spacial score (nSPS) is 11.6. The highest BCUT2D eigenvalue weighted by Crippen LogP contribution is 2.30. The zero-order chi connectivity index (χ0) is 14.6. The first-order chi connectivity index (χ1) is 8.85. The van der Waals surface area contributed by atoms with E-state index in [1.165, 1.54) is 0 Å². The molecule has 0 amide bonds. The average Bonchev–Trinajstić information content (AvgIpc) is 2.33. The fourth-order valence-corrected chi connectivity index (χ4v) is 3.70. The first-order valence-corrected chi connectivity index (χ1v) is 7.98. The molecule has 0 spiro atoms. The van der Waals surface area contributed by atoms with Crippen molar-refractivity contribution in [2.75, 3.05) is 13.7 Å². The highest BCUT2D eigenvalue weighted by Gasteiger charge is 2.22. The summed E-state index contributed by atoms with van der Waals surface area (Å²) >= 11 is 0. The highest BCUT2D eigenvalue weighted by atomic mass is 32.2. The molecule has 4 nitrogen and oxygen atoms in total. The van der Waals surface area contributed by atoms with Gasteiger partial charge in [0.05, 0.1) is 12.0 Å². The number of hydrogen-bond donors (Lipinski definition) is 1. The van der Waals surface area contributed by atoms with Crippen molar-refractivity contribution in [2.45, 2.75) is 45.4 Å². The summed E-state index contributed by atoms with van der Waals surface area (Å²) < 4.78 is 32.6. The first kappa shape index (κ1) is 16.0. The van der Waals surface area contributed by atoms with E-state index in [9.17, 15) is 8.42 Å². The second-order valence-corrected chi connectivity index (χ2v) is 6.43. The fraction of sp³-hybridized carbons (Fsp3) is 0.571. The SMILES string of the molecule is CCCCNS(=O)(=O)c1c(C)cc(OC)c(C)c1C. The Hall–Kier alpha value is -1.07. The van der Waals surface area contributed by atoms with E-state index < -0.39 is 10.0 Å². The molecule has 1 aromatic rings. The summed E-state index contributed by atoms with van der Waals surface area (Å²) in [7, 11) is -1.85. The van der Waals surface area contributed by atoms with Crippen LogP contribution >= 0.6 is 0 Å². The van der Waals surface area contributed by atoms with Crippen molar-refractivity contribution in [3.63, 3.8) is 0 Å². The Balaban J connectivity index is 3.24. The number of nitrogens with one attached hydrogen (secondary N) is 1. The molecule has 1 N–H and O–H groups in total. The second kappa shape index (κ2) is 6.39. The summed E-state index contributed by atoms with van der Waals surface area (Å²) in [5.41, 5.74) is 2.33. The Kier molecular flexibility index (Phi) is 5.38. The van der Waals surface area contributed by atoms with Crippen LogP contribution in [0, 0.1) is 20.8 Å². The van der Waals surface area contributed by atoms with Gasteiger partial charge in [0.2, 0.25) is 10.0 Å². The molecule has 0 aliphatic rings. The van der Waals surface area contributed by atoms with Crippen LogP contribution < -0.4 is 9.46 Å². The lowest BCUT2D eigenvalue weighted by Gasteiger charge is -2.16. The number of methoxy groups -OCH3 is 1. The lowest BCUT2D eigenvalue weighted by atomic mass is 10.1. The van der Waals surface area contributed by atoms with Gasteiger partial charge in [-0.1, -0.05) is 13.3 Å². The van der Waals surface area contributed by atoms with E-state index in [0.29, 0.717) is 17.0 Å². The summed E-state index contributed by atoms with van der Waals surface area (Å²) in [6, 6.07) is 1.77. The zero-order valence-electron chi connectivity index (χ0n) is 12.3. The zero-order valence-corrected chi connectivity index (χ0v) is 13.1. The van der Waals surface area contributed by atoms with Gasteiger partial charge in [-0.05, 0) is 49.9 Å². The molecule has 0 aromatic heterocycles. The maximum atomic E-state index is 12.3. The molecule has 5 heteroatoms. The van der Waals surface area contributed by atoms with Gasteiger partial charge >= 0.3 is 0 Å². The molecule has 0 bridgehead atoms. The number of benzene rings is 1. The van der Waals surface area contributed by atoms with Crippen molar-refractivity contribution in [3.8, 4) is 5.75 Å². The van der Waals surface area contributed by atoms with E-state index in [2.05, 4.69) is 4.72 Å². The lowest BCUT2D eigenvalue weighted by Crippen LogP contribution is -2.26. The van der Waals surface area contributed by atoms with Crippen LogP contribution in [0.2, 0.25) is 0 Å². The van der Waals surface area contributed by atoms with Crippen LogP contribution in [0.4, 0.5) is 0 Å². The van der Waals surface area contributed by atoms with Crippen molar-refractivity contribution in [3.05, 3.63) is 22.8 Å². The van der Waals surface area contributed by atoms with Crippen molar-refractivity contribution in [1.82, 2.24) is 4.72 Å². The Morgan fingerprint density at radius 1 is 1.21 bits per heavy atom. The molecule has 1 aromatic carbocycles. The average molecular weight is 285 g/mol. The summed E-state index contributed by atoms with van der Waals surface area (Å²) in [4.78, 5) is 0.377. The van der Waals surface area contributed by atoms with Gasteiger partial charge < -0.3 is 4.74 Å². The van der Waals surface area contributed by atoms with E-state index in [4.69, 9.17) is 4.74 Å². The molecule has 0 aliphatic heterocycles. The predicted molar refractivity (Wildman–Crippen MR) is 77.3 cm³/mol. The molecule has 0 heterocycles. The van der Waals surface area contributed by atoms with Crippen LogP contribution in [0.1, 0.15) is 36.5 Å². The van der Waals surface area contributed by atoms with Crippen molar-refractivity contribution < 1.29 is 13.2 Å². The molecule has 1 rings (SSSR count). The number of sulfonamides is 1. The van der Waals surface area contributed by atoms with Crippen LogP contribution in [0.3, 0.4) is 0 Å². The molecule has 19 heavy (non-hydrogen) atoms. The summed E-state index contributed by atoms with van der Waals surface area (Å²) in [5, 5.41) is 0. The molecule has 0 unspecified atom stereocenters. The molecular formula is C14H23NO3S. The summed E-state index contributed by atoms with van der Waals surface area (Å²) in [5.74, 6) is 0.725. The minimum atomic E-state index is -3.45. The van der Waals surface area contributed by atoms with Crippen molar-refractivity contribution >= 4 is 10.0 Å². The molecule has 0 aliphatic carbocycles. The van der Waals surface area contributed by atoms with E-state index in [1.54, 1.807) is 20.1 Å². The van der Waals surface area contributed by atoms with Gasteiger partial charge in [-0.15, -0.1) is 0 Å². The summed E-state index contributed by atoms with van der Waals surface area (Å²) in [6.45, 7) is 7.99. The molecule has 0 radical (unpaired) electrons. The third kappa shape index (κ3) is 3.48. The Morgan fingerprint density at radius 2 is 1.84 bits per heavy atom. The maximum Gasteiger partial charge on any atom is 0.241 e. The van der Waals surface area contributed by atoms with Gasteiger partial charge in [-0.2, -0.15) is 0 Å². The topological polar surface area (TPSA) is 55.4 Å². The van der Waals surface area contributed by atoms with Crippen molar-refractivity contribution in [1.29, 1.82) is 0 Å². The summed E-state index contributed by atoms with van der Waals surface area (Å²) in [6.07, 6.45) is 1.80. The van der Waals surface area contributed by atoms with Gasteiger partial charge in [-0.25, -0.2) is 13.1 Å². The van der Waals surface area contributed by atoms with Gasteiger partial charge in [0.1, 0.15) is 5.75 Å². The molecule has 108 valence electrons. The first-order valence-electron chi connectivity index (χ1n) is 6.49. The molecule has 0 saturated heterocycles. The van der Waals surface area contributed by atoms with E-state index in [0.717, 1.165) is 29.7 Å². The van der Waals surface area contributed by atoms with Crippen LogP contribution in [0.25, 0.3) is 0 Å². The quantitative estimate of drug-likeness (QED) is 0.818. The van der Waals surface area contributed by atoms with E-state index >= 15 is 0 Å². The van der Waals surface area contributed by atoms with Crippen molar-refractivity contribution in [2.24, 2.45) is 0 Å². The monoisotopic (exact) mass is 285 g/mol. The lowest BCUT2D eigenvalue weighted by molar-refractivity contribution is 0.410. The molecule has 0 fully saturated rings. The van der Waals surface area contributed by atoms with Gasteiger partial charge in [0, 0.05) is 6.54 Å². The van der Waals surface area contributed by atoms with Crippen LogP contribution in [-0.2, 0) is 10.0 Å². The third-order valence-corrected chi connectivity index (χ3v) is 5.04. The van der Waals surface area contributed by atoms with Gasteiger partial charge in [-0.3, -0.25) is 0 Å². The molecule has 0 atom stereocenters. The second-order valence-electron chi connectivity index (χ2n) is 4.73. The fourth-order valence-electron chi connectivity index (χ4n) is 2.10. The Morgan fingerprint density at radius 3 is 2.37 bits per heavy atom. The Labute approximate surface area is 116 Å². The Bertz CT molecular complexity index is 550. The van der Waals surface area contributed by atoms with E-state index in [-0.39, 0.29) is 0 Å². The third-order valence-electron chi connectivity index (χ3n) is 3.29. The smallest absolute Gasteiger partial charge is 0.241 e. The predicted octanol–water partition coefficient (Wildman–Crippen LogP) is 2.70. The molecule has 0 saturated carbocycles. The van der Waals surface area contributed by atoms with Crippen LogP contribution in [0.5, 0.6) is 5.75 Å². The number of unbranched alkanes of at least 4 members (excludes halogenated alkanes) is 1. The van der Waals surface area contributed by atoms with E-state index in [1.807, 2.05) is 20.8 Å². The van der Waals surface area contributed by atoms with Gasteiger partial charge in [0.25, 0.3) is 0 Å². The minimum Gasteiger partial charge on any atom is -0.496 e. The minimum absolute atomic E-state index is 0.377. The highest BCUT2D eigenvalue weighted by molar-refractivity contribution is 7.89. The maximum absolute atomic E-state index is 12.3. The number of rotatable bonds is 6.